The van der Waals surface area contributed by atoms with E-state index in [4.69, 9.17) is 4.42 Å². The third kappa shape index (κ3) is 1.07. The van der Waals surface area contributed by atoms with Gasteiger partial charge in [-0.1, -0.05) is 28.9 Å². The van der Waals surface area contributed by atoms with Gasteiger partial charge in [0.2, 0.25) is 0 Å². The number of halogens is 1. The lowest BCUT2D eigenvalue weighted by atomic mass is 10.1. The first kappa shape index (κ1) is 7.87. The molecule has 0 saturated heterocycles. The van der Waals surface area contributed by atoms with E-state index in [2.05, 4.69) is 22.9 Å². The van der Waals surface area contributed by atoms with Crippen molar-refractivity contribution in [2.24, 2.45) is 0 Å². The topological polar surface area (TPSA) is 13.1 Å². The van der Waals surface area contributed by atoms with Gasteiger partial charge in [0.05, 0.1) is 6.26 Å². The molecule has 2 aromatic rings. The van der Waals surface area contributed by atoms with Crippen molar-refractivity contribution < 1.29 is 4.42 Å². The Bertz CT molecular complexity index is 403. The first-order valence-electron chi connectivity index (χ1n) is 3.97. The summed E-state index contributed by atoms with van der Waals surface area (Å²) < 4.78 is 6.51. The van der Waals surface area contributed by atoms with Crippen LogP contribution in [0.5, 0.6) is 0 Å². The van der Waals surface area contributed by atoms with Crippen LogP contribution < -0.4 is 0 Å². The summed E-state index contributed by atoms with van der Waals surface area (Å²) in [7, 11) is 0. The predicted octanol–water partition coefficient (Wildman–Crippen LogP) is 3.76. The summed E-state index contributed by atoms with van der Waals surface area (Å²) in [6.45, 7) is 2.13. The van der Waals surface area contributed by atoms with Gasteiger partial charge in [-0.05, 0) is 24.1 Å². The van der Waals surface area contributed by atoms with Gasteiger partial charge in [0.15, 0.2) is 0 Å². The molecule has 0 aliphatic rings. The smallest absolute Gasteiger partial charge is 0.135 e. The van der Waals surface area contributed by atoms with Gasteiger partial charge in [0.1, 0.15) is 5.58 Å². The summed E-state index contributed by atoms with van der Waals surface area (Å²) >= 11 is 3.51. The van der Waals surface area contributed by atoms with E-state index in [1.807, 2.05) is 24.5 Å². The molecule has 0 N–H and O–H groups in total. The second-order valence-electron chi connectivity index (χ2n) is 2.73. The highest BCUT2D eigenvalue weighted by molar-refractivity contribution is 9.10. The number of rotatable bonds is 1. The van der Waals surface area contributed by atoms with E-state index >= 15 is 0 Å². The summed E-state index contributed by atoms with van der Waals surface area (Å²) in [6, 6.07) is 6.01. The zero-order chi connectivity index (χ0) is 8.55. The highest BCUT2D eigenvalue weighted by Crippen LogP contribution is 2.28. The Hall–Kier alpha value is -0.760. The Morgan fingerprint density at radius 3 is 3.00 bits per heavy atom. The molecule has 0 bridgehead atoms. The molecule has 0 aliphatic carbocycles. The maximum atomic E-state index is 5.39. The number of hydrogen-bond acceptors (Lipinski definition) is 1. The van der Waals surface area contributed by atoms with Crippen LogP contribution in [-0.4, -0.2) is 0 Å². The van der Waals surface area contributed by atoms with Crippen molar-refractivity contribution in [3.63, 3.8) is 0 Å². The van der Waals surface area contributed by atoms with E-state index in [1.54, 1.807) is 0 Å². The third-order valence-corrected chi connectivity index (χ3v) is 2.67. The summed E-state index contributed by atoms with van der Waals surface area (Å²) in [5, 5.41) is 1.21. The van der Waals surface area contributed by atoms with Gasteiger partial charge in [-0.25, -0.2) is 0 Å². The molecule has 0 atom stereocenters. The number of furan rings is 1. The standard InChI is InChI=1S/C10H9BrO/c1-2-7-6-12-9-5-3-4-8(11)10(7)9/h3-6H,2H2,1H3. The Balaban J connectivity index is 2.83. The lowest BCUT2D eigenvalue weighted by Crippen LogP contribution is -1.75. The Kier molecular flexibility index (Phi) is 1.93. The van der Waals surface area contributed by atoms with Crippen molar-refractivity contribution in [2.75, 3.05) is 0 Å². The first-order chi connectivity index (χ1) is 5.83. The SMILES string of the molecule is CCc1coc2cccc(Br)c12. The molecule has 0 unspecified atom stereocenters. The first-order valence-corrected chi connectivity index (χ1v) is 4.77. The van der Waals surface area contributed by atoms with E-state index < -0.39 is 0 Å². The minimum Gasteiger partial charge on any atom is -0.464 e. The van der Waals surface area contributed by atoms with Gasteiger partial charge in [-0.2, -0.15) is 0 Å². The average molecular weight is 225 g/mol. The van der Waals surface area contributed by atoms with Gasteiger partial charge in [0, 0.05) is 9.86 Å². The summed E-state index contributed by atoms with van der Waals surface area (Å²) in [4.78, 5) is 0. The molecule has 0 saturated carbocycles. The van der Waals surface area contributed by atoms with E-state index in [-0.39, 0.29) is 0 Å². The molecule has 12 heavy (non-hydrogen) atoms. The minimum absolute atomic E-state index is 0.959. The van der Waals surface area contributed by atoms with Gasteiger partial charge in [-0.15, -0.1) is 0 Å². The lowest BCUT2D eigenvalue weighted by Gasteiger charge is -1.94. The van der Waals surface area contributed by atoms with Gasteiger partial charge < -0.3 is 4.42 Å². The largest absolute Gasteiger partial charge is 0.464 e. The van der Waals surface area contributed by atoms with Gasteiger partial charge in [-0.3, -0.25) is 0 Å². The number of benzene rings is 1. The van der Waals surface area contributed by atoms with E-state index in [0.29, 0.717) is 0 Å². The molecule has 0 spiro atoms. The fourth-order valence-electron chi connectivity index (χ4n) is 1.37. The van der Waals surface area contributed by atoms with Crippen molar-refractivity contribution in [1.29, 1.82) is 0 Å². The summed E-state index contributed by atoms with van der Waals surface area (Å²) in [5.74, 6) is 0. The van der Waals surface area contributed by atoms with Crippen molar-refractivity contribution in [2.45, 2.75) is 13.3 Å². The third-order valence-electron chi connectivity index (χ3n) is 2.01. The number of aryl methyl sites for hydroxylation is 1. The molecule has 0 aliphatic heterocycles. The second-order valence-corrected chi connectivity index (χ2v) is 3.58. The molecular formula is C10H9BrO. The molecule has 1 aromatic carbocycles. The fourth-order valence-corrected chi connectivity index (χ4v) is 1.97. The van der Waals surface area contributed by atoms with Crippen LogP contribution in [0.25, 0.3) is 11.0 Å². The van der Waals surface area contributed by atoms with Crippen LogP contribution in [0.15, 0.2) is 33.4 Å². The maximum absolute atomic E-state index is 5.39. The van der Waals surface area contributed by atoms with E-state index in [9.17, 15) is 0 Å². The molecular weight excluding hydrogens is 216 g/mol. The molecule has 0 amide bonds. The van der Waals surface area contributed by atoms with Crippen LogP contribution in [-0.2, 0) is 6.42 Å². The number of hydrogen-bond donors (Lipinski definition) is 0. The van der Waals surface area contributed by atoms with Crippen molar-refractivity contribution in [3.05, 3.63) is 34.5 Å². The van der Waals surface area contributed by atoms with Crippen molar-refractivity contribution >= 4 is 26.9 Å². The zero-order valence-electron chi connectivity index (χ0n) is 6.80. The zero-order valence-corrected chi connectivity index (χ0v) is 8.39. The molecule has 1 nitrogen and oxygen atoms in total. The van der Waals surface area contributed by atoms with Crippen LogP contribution >= 0.6 is 15.9 Å². The Labute approximate surface area is 79.5 Å². The molecule has 0 fully saturated rings. The van der Waals surface area contributed by atoms with Gasteiger partial charge >= 0.3 is 0 Å². The molecule has 1 aromatic heterocycles. The minimum atomic E-state index is 0.959. The van der Waals surface area contributed by atoms with Crippen LogP contribution in [0.3, 0.4) is 0 Å². The van der Waals surface area contributed by atoms with Crippen LogP contribution in [0, 0.1) is 0 Å². The van der Waals surface area contributed by atoms with E-state index in [1.165, 1.54) is 10.9 Å². The highest BCUT2D eigenvalue weighted by Gasteiger charge is 2.06. The Morgan fingerprint density at radius 2 is 2.25 bits per heavy atom. The van der Waals surface area contributed by atoms with Crippen LogP contribution in [0.4, 0.5) is 0 Å². The molecule has 62 valence electrons. The Morgan fingerprint density at radius 1 is 1.42 bits per heavy atom. The quantitative estimate of drug-likeness (QED) is 0.720. The lowest BCUT2D eigenvalue weighted by molar-refractivity contribution is 0.611. The summed E-state index contributed by atoms with van der Waals surface area (Å²) in [6.07, 6.45) is 2.84. The molecule has 1 heterocycles. The molecule has 2 heteroatoms. The summed E-state index contributed by atoms with van der Waals surface area (Å²) in [5.41, 5.74) is 2.22. The van der Waals surface area contributed by atoms with Gasteiger partial charge in [0.25, 0.3) is 0 Å². The molecule has 0 radical (unpaired) electrons. The number of fused-ring (bicyclic) bond motifs is 1. The van der Waals surface area contributed by atoms with Crippen molar-refractivity contribution in [3.8, 4) is 0 Å². The molecule has 2 rings (SSSR count). The van der Waals surface area contributed by atoms with Crippen LogP contribution in [0.1, 0.15) is 12.5 Å². The normalized spacial score (nSPS) is 10.8. The monoisotopic (exact) mass is 224 g/mol. The van der Waals surface area contributed by atoms with Crippen LogP contribution in [0.2, 0.25) is 0 Å². The highest BCUT2D eigenvalue weighted by atomic mass is 79.9. The van der Waals surface area contributed by atoms with Crippen molar-refractivity contribution in [1.82, 2.24) is 0 Å². The average Bonchev–Trinajstić information content (AvgIpc) is 2.49. The maximum Gasteiger partial charge on any atom is 0.135 e. The second kappa shape index (κ2) is 2.94. The fraction of sp³-hybridized carbons (Fsp3) is 0.200. The predicted molar refractivity (Wildman–Crippen MR) is 53.3 cm³/mol. The van der Waals surface area contributed by atoms with E-state index in [0.717, 1.165) is 16.5 Å².